The lowest BCUT2D eigenvalue weighted by Gasteiger charge is -2.58. The number of fused-ring (bicyclic) bond motifs is 5. The Morgan fingerprint density at radius 3 is 2.78 bits per heavy atom. The second-order valence-electron chi connectivity index (χ2n) is 9.25. The van der Waals surface area contributed by atoms with Crippen LogP contribution in [0, 0.1) is 28.6 Å². The standard InChI is InChI=1S/C21H34O2/c1-20-11-7-16(23)14-15(20)5-6-17-18(20)8-12-21(10-3-13-22)9-2-4-19(17)21/h14,16-19,22-23H,2-13H2,1H3/t16-,17?,18?,19?,20-,21+/m0/s1. The highest BCUT2D eigenvalue weighted by atomic mass is 16.3. The highest BCUT2D eigenvalue weighted by molar-refractivity contribution is 5.25. The number of hydrogen-bond acceptors (Lipinski definition) is 2. The van der Waals surface area contributed by atoms with Crippen LogP contribution < -0.4 is 0 Å². The maximum Gasteiger partial charge on any atom is 0.0724 e. The van der Waals surface area contributed by atoms with Gasteiger partial charge < -0.3 is 10.2 Å². The van der Waals surface area contributed by atoms with Crippen molar-refractivity contribution in [3.63, 3.8) is 0 Å². The molecule has 2 heteroatoms. The molecular formula is C21H34O2. The fraction of sp³-hybridized carbons (Fsp3) is 0.905. The Hall–Kier alpha value is -0.340. The molecule has 0 heterocycles. The monoisotopic (exact) mass is 318 g/mol. The Balaban J connectivity index is 1.61. The van der Waals surface area contributed by atoms with Gasteiger partial charge in [-0.25, -0.2) is 0 Å². The molecule has 2 nitrogen and oxygen atoms in total. The summed E-state index contributed by atoms with van der Waals surface area (Å²) in [6.07, 6.45) is 16.1. The van der Waals surface area contributed by atoms with Gasteiger partial charge in [-0.2, -0.15) is 0 Å². The van der Waals surface area contributed by atoms with Crippen LogP contribution in [0.5, 0.6) is 0 Å². The van der Waals surface area contributed by atoms with Crippen molar-refractivity contribution in [1.29, 1.82) is 0 Å². The third-order valence-corrected chi connectivity index (χ3v) is 8.45. The second kappa shape index (κ2) is 5.88. The third-order valence-electron chi connectivity index (χ3n) is 8.45. The summed E-state index contributed by atoms with van der Waals surface area (Å²) in [7, 11) is 0. The topological polar surface area (TPSA) is 40.5 Å². The van der Waals surface area contributed by atoms with E-state index >= 15 is 0 Å². The average molecular weight is 319 g/mol. The van der Waals surface area contributed by atoms with E-state index in [1.807, 2.05) is 0 Å². The van der Waals surface area contributed by atoms with E-state index in [0.29, 0.717) is 17.4 Å². The van der Waals surface area contributed by atoms with Crippen LogP contribution in [0.15, 0.2) is 11.6 Å². The van der Waals surface area contributed by atoms with Crippen LogP contribution in [0.2, 0.25) is 0 Å². The molecule has 3 saturated carbocycles. The number of rotatable bonds is 3. The van der Waals surface area contributed by atoms with Crippen molar-refractivity contribution in [2.24, 2.45) is 28.6 Å². The lowest BCUT2D eigenvalue weighted by molar-refractivity contribution is -0.0535. The molecule has 6 atom stereocenters. The Morgan fingerprint density at radius 1 is 1.09 bits per heavy atom. The first kappa shape index (κ1) is 16.1. The fourth-order valence-electron chi connectivity index (χ4n) is 7.37. The highest BCUT2D eigenvalue weighted by Crippen LogP contribution is 2.66. The minimum atomic E-state index is -0.187. The second-order valence-corrected chi connectivity index (χ2v) is 9.25. The summed E-state index contributed by atoms with van der Waals surface area (Å²) < 4.78 is 0. The lowest BCUT2D eigenvalue weighted by Crippen LogP contribution is -2.50. The largest absolute Gasteiger partial charge is 0.396 e. The molecule has 23 heavy (non-hydrogen) atoms. The maximum absolute atomic E-state index is 10.0. The van der Waals surface area contributed by atoms with Gasteiger partial charge in [-0.1, -0.05) is 25.0 Å². The van der Waals surface area contributed by atoms with E-state index in [1.54, 1.807) is 5.57 Å². The normalized spacial score (nSPS) is 49.1. The Morgan fingerprint density at radius 2 is 1.96 bits per heavy atom. The zero-order valence-electron chi connectivity index (χ0n) is 14.8. The van der Waals surface area contributed by atoms with Gasteiger partial charge in [-0.05, 0) is 92.8 Å². The predicted octanol–water partition coefficient (Wildman–Crippen LogP) is 4.45. The molecule has 0 spiro atoms. The molecule has 0 aromatic heterocycles. The number of aliphatic hydroxyl groups is 2. The summed E-state index contributed by atoms with van der Waals surface area (Å²) in [4.78, 5) is 0. The van der Waals surface area contributed by atoms with E-state index in [4.69, 9.17) is 0 Å². The van der Waals surface area contributed by atoms with Crippen molar-refractivity contribution >= 4 is 0 Å². The number of allylic oxidation sites excluding steroid dienone is 1. The molecule has 0 aromatic rings. The van der Waals surface area contributed by atoms with E-state index in [2.05, 4.69) is 13.0 Å². The molecular weight excluding hydrogens is 284 g/mol. The van der Waals surface area contributed by atoms with Gasteiger partial charge in [-0.15, -0.1) is 0 Å². The summed E-state index contributed by atoms with van der Waals surface area (Å²) in [5.41, 5.74) is 2.52. The van der Waals surface area contributed by atoms with E-state index in [0.717, 1.165) is 30.6 Å². The van der Waals surface area contributed by atoms with Crippen LogP contribution in [-0.2, 0) is 0 Å². The Kier molecular flexibility index (Phi) is 4.13. The van der Waals surface area contributed by atoms with E-state index in [-0.39, 0.29) is 6.10 Å². The van der Waals surface area contributed by atoms with Crippen molar-refractivity contribution in [3.05, 3.63) is 11.6 Å². The van der Waals surface area contributed by atoms with Crippen LogP contribution >= 0.6 is 0 Å². The quantitative estimate of drug-likeness (QED) is 0.755. The molecule has 0 bridgehead atoms. The van der Waals surface area contributed by atoms with Crippen molar-refractivity contribution < 1.29 is 10.2 Å². The van der Waals surface area contributed by atoms with Crippen molar-refractivity contribution in [1.82, 2.24) is 0 Å². The molecule has 0 saturated heterocycles. The van der Waals surface area contributed by atoms with Gasteiger partial charge in [0.25, 0.3) is 0 Å². The maximum atomic E-state index is 10.0. The molecule has 0 aromatic carbocycles. The van der Waals surface area contributed by atoms with Gasteiger partial charge in [-0.3, -0.25) is 0 Å². The molecule has 0 amide bonds. The molecule has 130 valence electrons. The molecule has 4 aliphatic carbocycles. The Labute approximate surface area is 141 Å². The lowest BCUT2D eigenvalue weighted by atomic mass is 9.47. The summed E-state index contributed by atoms with van der Waals surface area (Å²) in [5, 5.41) is 19.4. The van der Waals surface area contributed by atoms with Gasteiger partial charge in [0.15, 0.2) is 0 Å². The molecule has 4 rings (SSSR count). The van der Waals surface area contributed by atoms with E-state index in [9.17, 15) is 10.2 Å². The zero-order valence-corrected chi connectivity index (χ0v) is 14.8. The van der Waals surface area contributed by atoms with Crippen LogP contribution in [0.4, 0.5) is 0 Å². The zero-order chi connectivity index (χ0) is 16.1. The number of hydrogen-bond donors (Lipinski definition) is 2. The first-order valence-electron chi connectivity index (χ1n) is 10.1. The molecule has 3 unspecified atom stereocenters. The first-order valence-corrected chi connectivity index (χ1v) is 10.1. The van der Waals surface area contributed by atoms with Gasteiger partial charge in [0, 0.05) is 6.61 Å². The van der Waals surface area contributed by atoms with Gasteiger partial charge >= 0.3 is 0 Å². The Bertz CT molecular complexity index is 484. The van der Waals surface area contributed by atoms with Crippen molar-refractivity contribution in [2.75, 3.05) is 6.61 Å². The van der Waals surface area contributed by atoms with E-state index < -0.39 is 0 Å². The van der Waals surface area contributed by atoms with Crippen molar-refractivity contribution in [3.8, 4) is 0 Å². The summed E-state index contributed by atoms with van der Waals surface area (Å²) >= 11 is 0. The summed E-state index contributed by atoms with van der Waals surface area (Å²) in [6, 6.07) is 0. The third kappa shape index (κ3) is 2.43. The molecule has 2 N–H and O–H groups in total. The van der Waals surface area contributed by atoms with Gasteiger partial charge in [0.1, 0.15) is 0 Å². The SMILES string of the molecule is C[C@]12CC[C@H](O)C=C1CCC1C3CCC[C@@]3(CCCO)CCC12. The minimum absolute atomic E-state index is 0.187. The van der Waals surface area contributed by atoms with E-state index in [1.165, 1.54) is 57.8 Å². The smallest absolute Gasteiger partial charge is 0.0724 e. The average Bonchev–Trinajstić information content (AvgIpc) is 2.98. The van der Waals surface area contributed by atoms with Crippen LogP contribution in [0.1, 0.15) is 77.6 Å². The molecule has 0 radical (unpaired) electrons. The minimum Gasteiger partial charge on any atom is -0.396 e. The fourth-order valence-corrected chi connectivity index (χ4v) is 7.37. The first-order chi connectivity index (χ1) is 11.1. The summed E-state index contributed by atoms with van der Waals surface area (Å²) in [5.74, 6) is 2.67. The van der Waals surface area contributed by atoms with Gasteiger partial charge in [0.2, 0.25) is 0 Å². The van der Waals surface area contributed by atoms with Crippen LogP contribution in [0.25, 0.3) is 0 Å². The molecule has 0 aliphatic heterocycles. The number of aliphatic hydroxyl groups excluding tert-OH is 2. The molecule has 4 aliphatic rings. The summed E-state index contributed by atoms with van der Waals surface area (Å²) in [6.45, 7) is 2.88. The van der Waals surface area contributed by atoms with Crippen LogP contribution in [-0.4, -0.2) is 22.9 Å². The predicted molar refractivity (Wildman–Crippen MR) is 93.0 cm³/mol. The van der Waals surface area contributed by atoms with Crippen LogP contribution in [0.3, 0.4) is 0 Å². The van der Waals surface area contributed by atoms with Crippen molar-refractivity contribution in [2.45, 2.75) is 83.7 Å². The van der Waals surface area contributed by atoms with Gasteiger partial charge in [0.05, 0.1) is 6.10 Å². The highest BCUT2D eigenvalue weighted by Gasteiger charge is 2.57. The molecule has 3 fully saturated rings.